The van der Waals surface area contributed by atoms with Gasteiger partial charge in [-0.05, 0) is 13.3 Å². The topological polar surface area (TPSA) is 49.2 Å². The largest absolute Gasteiger partial charge is 0.396 e. The van der Waals surface area contributed by atoms with Crippen molar-refractivity contribution in [2.45, 2.75) is 13.3 Å². The average Bonchev–Trinajstić information content (AvgIpc) is 2.64. The van der Waals surface area contributed by atoms with Crippen LogP contribution in [-0.2, 0) is 0 Å². The van der Waals surface area contributed by atoms with Crippen LogP contribution in [0.5, 0.6) is 0 Å². The molecular formula is C10H14ClN3O. The molecule has 0 saturated carbocycles. The van der Waals surface area contributed by atoms with E-state index < -0.39 is 0 Å². The molecule has 5 heteroatoms. The Morgan fingerprint density at radius 3 is 3.00 bits per heavy atom. The van der Waals surface area contributed by atoms with Crippen LogP contribution in [0.4, 0.5) is 5.82 Å². The number of halogens is 1. The first-order valence-electron chi connectivity index (χ1n) is 5.06. The Balaban J connectivity index is 2.16. The highest BCUT2D eigenvalue weighted by Crippen LogP contribution is 2.23. The van der Waals surface area contributed by atoms with Gasteiger partial charge in [0.1, 0.15) is 16.8 Å². The van der Waals surface area contributed by atoms with Crippen molar-refractivity contribution >= 4 is 17.4 Å². The van der Waals surface area contributed by atoms with Crippen molar-refractivity contribution in [3.8, 4) is 0 Å². The van der Waals surface area contributed by atoms with E-state index in [-0.39, 0.29) is 6.61 Å². The summed E-state index contributed by atoms with van der Waals surface area (Å²) in [6.07, 6.45) is 1.01. The summed E-state index contributed by atoms with van der Waals surface area (Å²) in [5.74, 6) is 1.91. The maximum absolute atomic E-state index is 9.05. The molecule has 1 aliphatic heterocycles. The molecular weight excluding hydrogens is 214 g/mol. The van der Waals surface area contributed by atoms with Crippen molar-refractivity contribution < 1.29 is 5.11 Å². The molecule has 1 atom stereocenters. The van der Waals surface area contributed by atoms with Crippen LogP contribution in [0.3, 0.4) is 0 Å². The number of aliphatic hydroxyl groups is 1. The zero-order valence-corrected chi connectivity index (χ0v) is 9.41. The summed E-state index contributed by atoms with van der Waals surface area (Å²) in [7, 11) is 0. The maximum atomic E-state index is 9.05. The van der Waals surface area contributed by atoms with Gasteiger partial charge in [0.05, 0.1) is 0 Å². The van der Waals surface area contributed by atoms with Gasteiger partial charge in [0.2, 0.25) is 0 Å². The molecule has 0 amide bonds. The molecule has 1 N–H and O–H groups in total. The third-order valence-electron chi connectivity index (χ3n) is 2.66. The number of aryl methyl sites for hydroxylation is 1. The zero-order chi connectivity index (χ0) is 10.8. The van der Waals surface area contributed by atoms with Gasteiger partial charge < -0.3 is 10.0 Å². The molecule has 1 saturated heterocycles. The summed E-state index contributed by atoms with van der Waals surface area (Å²) in [6.45, 7) is 3.85. The fraction of sp³-hybridized carbons (Fsp3) is 0.600. The van der Waals surface area contributed by atoms with Gasteiger partial charge in [-0.1, -0.05) is 11.6 Å². The van der Waals surface area contributed by atoms with Crippen molar-refractivity contribution in [2.75, 3.05) is 24.6 Å². The summed E-state index contributed by atoms with van der Waals surface area (Å²) >= 11 is 5.87. The molecule has 0 radical (unpaired) electrons. The number of anilines is 1. The Hall–Kier alpha value is -0.870. The van der Waals surface area contributed by atoms with Crippen LogP contribution in [-0.4, -0.2) is 34.8 Å². The Morgan fingerprint density at radius 2 is 2.40 bits per heavy atom. The van der Waals surface area contributed by atoms with E-state index >= 15 is 0 Å². The number of aromatic nitrogens is 2. The monoisotopic (exact) mass is 227 g/mol. The smallest absolute Gasteiger partial charge is 0.134 e. The molecule has 2 rings (SSSR count). The third kappa shape index (κ3) is 2.38. The highest BCUT2D eigenvalue weighted by Gasteiger charge is 2.23. The zero-order valence-electron chi connectivity index (χ0n) is 8.65. The molecule has 82 valence electrons. The summed E-state index contributed by atoms with van der Waals surface area (Å²) < 4.78 is 0. The normalized spacial score (nSPS) is 21.0. The number of nitrogens with zero attached hydrogens (tertiary/aromatic N) is 3. The Morgan fingerprint density at radius 1 is 1.60 bits per heavy atom. The Kier molecular flexibility index (Phi) is 3.07. The van der Waals surface area contributed by atoms with E-state index in [9.17, 15) is 0 Å². The standard InChI is InChI=1S/C10H14ClN3O/c1-7-12-9(11)4-10(13-7)14-3-2-8(5-14)6-15/h4,8,15H,2-3,5-6H2,1H3. The average molecular weight is 228 g/mol. The molecule has 1 fully saturated rings. The van der Waals surface area contributed by atoms with Gasteiger partial charge in [-0.25, -0.2) is 9.97 Å². The molecule has 1 unspecified atom stereocenters. The third-order valence-corrected chi connectivity index (χ3v) is 2.85. The summed E-state index contributed by atoms with van der Waals surface area (Å²) in [4.78, 5) is 10.5. The summed E-state index contributed by atoms with van der Waals surface area (Å²) in [5.41, 5.74) is 0. The van der Waals surface area contributed by atoms with Crippen molar-refractivity contribution in [2.24, 2.45) is 5.92 Å². The highest BCUT2D eigenvalue weighted by molar-refractivity contribution is 6.29. The predicted octanol–water partition coefficient (Wildman–Crippen LogP) is 1.26. The fourth-order valence-electron chi connectivity index (χ4n) is 1.87. The minimum atomic E-state index is 0.244. The quantitative estimate of drug-likeness (QED) is 0.773. The van der Waals surface area contributed by atoms with Crippen molar-refractivity contribution in [1.29, 1.82) is 0 Å². The van der Waals surface area contributed by atoms with Crippen molar-refractivity contribution in [1.82, 2.24) is 9.97 Å². The summed E-state index contributed by atoms with van der Waals surface area (Å²) in [6, 6.07) is 1.77. The van der Waals surface area contributed by atoms with E-state index in [0.717, 1.165) is 25.3 Å². The number of rotatable bonds is 2. The SMILES string of the molecule is Cc1nc(Cl)cc(N2CCC(CO)C2)n1. The van der Waals surface area contributed by atoms with Gasteiger partial charge in [0.25, 0.3) is 0 Å². The molecule has 0 aliphatic carbocycles. The Bertz CT molecular complexity index is 338. The molecule has 2 heterocycles. The second-order valence-electron chi connectivity index (χ2n) is 3.88. The minimum Gasteiger partial charge on any atom is -0.396 e. The molecule has 0 aromatic carbocycles. The van der Waals surface area contributed by atoms with Gasteiger partial charge >= 0.3 is 0 Å². The van der Waals surface area contributed by atoms with Gasteiger partial charge in [-0.15, -0.1) is 0 Å². The van der Waals surface area contributed by atoms with Crippen LogP contribution in [0.1, 0.15) is 12.2 Å². The number of hydrogen-bond donors (Lipinski definition) is 1. The van der Waals surface area contributed by atoms with Crippen LogP contribution in [0, 0.1) is 12.8 Å². The highest BCUT2D eigenvalue weighted by atomic mass is 35.5. The fourth-order valence-corrected chi connectivity index (χ4v) is 2.09. The maximum Gasteiger partial charge on any atom is 0.134 e. The molecule has 4 nitrogen and oxygen atoms in total. The van der Waals surface area contributed by atoms with Crippen LogP contribution in [0.25, 0.3) is 0 Å². The first kappa shape index (κ1) is 10.6. The van der Waals surface area contributed by atoms with Crippen LogP contribution in [0.2, 0.25) is 5.15 Å². The molecule has 1 aliphatic rings. The van der Waals surface area contributed by atoms with E-state index in [2.05, 4.69) is 14.9 Å². The van der Waals surface area contributed by atoms with E-state index in [4.69, 9.17) is 16.7 Å². The molecule has 15 heavy (non-hydrogen) atoms. The van der Waals surface area contributed by atoms with E-state index in [1.807, 2.05) is 6.92 Å². The lowest BCUT2D eigenvalue weighted by molar-refractivity contribution is 0.238. The van der Waals surface area contributed by atoms with Gasteiger partial charge in [-0.3, -0.25) is 0 Å². The van der Waals surface area contributed by atoms with Crippen molar-refractivity contribution in [3.63, 3.8) is 0 Å². The second kappa shape index (κ2) is 4.33. The van der Waals surface area contributed by atoms with Crippen LogP contribution in [0.15, 0.2) is 6.07 Å². The summed E-state index contributed by atoms with van der Waals surface area (Å²) in [5, 5.41) is 9.53. The lowest BCUT2D eigenvalue weighted by Gasteiger charge is -2.17. The van der Waals surface area contributed by atoms with Gasteiger partial charge in [0, 0.05) is 31.7 Å². The first-order valence-corrected chi connectivity index (χ1v) is 5.44. The second-order valence-corrected chi connectivity index (χ2v) is 4.27. The van der Waals surface area contributed by atoms with Crippen LogP contribution >= 0.6 is 11.6 Å². The number of hydrogen-bond acceptors (Lipinski definition) is 4. The molecule has 1 aromatic heterocycles. The Labute approximate surface area is 93.9 Å². The van der Waals surface area contributed by atoms with E-state index in [1.165, 1.54) is 0 Å². The van der Waals surface area contributed by atoms with Crippen LogP contribution < -0.4 is 4.90 Å². The molecule has 1 aromatic rings. The molecule has 0 bridgehead atoms. The van der Waals surface area contributed by atoms with Crippen molar-refractivity contribution in [3.05, 3.63) is 17.0 Å². The number of aliphatic hydroxyl groups excluding tert-OH is 1. The van der Waals surface area contributed by atoms with E-state index in [1.54, 1.807) is 6.07 Å². The van der Waals surface area contributed by atoms with Gasteiger partial charge in [-0.2, -0.15) is 0 Å². The minimum absolute atomic E-state index is 0.244. The lowest BCUT2D eigenvalue weighted by Crippen LogP contribution is -2.22. The van der Waals surface area contributed by atoms with Gasteiger partial charge in [0.15, 0.2) is 0 Å². The lowest BCUT2D eigenvalue weighted by atomic mass is 10.1. The first-order chi connectivity index (χ1) is 7.19. The molecule has 0 spiro atoms. The predicted molar refractivity (Wildman–Crippen MR) is 59.2 cm³/mol. The van der Waals surface area contributed by atoms with E-state index in [0.29, 0.717) is 16.9 Å².